The molecular weight excluding hydrogens is 641 g/mol. The molecule has 0 aromatic heterocycles. The van der Waals surface area contributed by atoms with E-state index >= 15 is 0 Å². The van der Waals surface area contributed by atoms with Crippen molar-refractivity contribution in [1.82, 2.24) is 0 Å². The maximum atomic E-state index is 2.55. The fourth-order valence-corrected chi connectivity index (χ4v) is 19.5. The molecule has 0 saturated heterocycles. The zero-order valence-electron chi connectivity index (χ0n) is 21.8. The second-order valence-corrected chi connectivity index (χ2v) is 22.1. The Morgan fingerprint density at radius 3 is 1.27 bits per heavy atom. The van der Waals surface area contributed by atoms with Gasteiger partial charge in [-0.15, -0.1) is 0 Å². The fourth-order valence-electron chi connectivity index (χ4n) is 7.44. The lowest BCUT2D eigenvalue weighted by Gasteiger charge is -2.46. The quantitative estimate of drug-likeness (QED) is 0.252. The smallest absolute Gasteiger partial charge is 0.0718 e. The van der Waals surface area contributed by atoms with E-state index in [-0.39, 0.29) is 0 Å². The molecule has 2 aromatic carbocycles. The predicted molar refractivity (Wildman–Crippen MR) is 185 cm³/mol. The first-order valence-electron chi connectivity index (χ1n) is 13.8. The highest BCUT2D eigenvalue weighted by molar-refractivity contribution is 8.45. The Labute approximate surface area is 269 Å². The molecule has 200 valence electrons. The Kier molecular flexibility index (Phi) is 5.69. The summed E-state index contributed by atoms with van der Waals surface area (Å²) in [6.45, 7) is 4.91. The number of fused-ring (bicyclic) bond motifs is 4. The van der Waals surface area contributed by atoms with Crippen LogP contribution in [0, 0.1) is 5.41 Å². The van der Waals surface area contributed by atoms with Gasteiger partial charge in [0.05, 0.1) is 25.4 Å². The third kappa shape index (κ3) is 3.72. The summed E-state index contributed by atoms with van der Waals surface area (Å²) in [5, 5.41) is 0. The Bertz CT molecular complexity index is 1680. The number of allylic oxidation sites excluding steroid dienone is 4. The van der Waals surface area contributed by atoms with Gasteiger partial charge in [-0.2, -0.15) is 0 Å². The van der Waals surface area contributed by atoms with Crippen LogP contribution in [0.4, 0.5) is 0 Å². The number of hydrogen-bond acceptors (Lipinski definition) is 8. The Morgan fingerprint density at radius 2 is 0.850 bits per heavy atom. The van der Waals surface area contributed by atoms with E-state index in [1.807, 2.05) is 94.1 Å². The van der Waals surface area contributed by atoms with Crippen molar-refractivity contribution in [3.8, 4) is 0 Å². The van der Waals surface area contributed by atoms with E-state index in [2.05, 4.69) is 62.4 Å². The summed E-state index contributed by atoms with van der Waals surface area (Å²) in [7, 11) is 0. The van der Waals surface area contributed by atoms with E-state index in [0.717, 1.165) is 0 Å². The molecule has 0 nitrogen and oxygen atoms in total. The van der Waals surface area contributed by atoms with E-state index in [1.165, 1.54) is 64.3 Å². The van der Waals surface area contributed by atoms with Crippen LogP contribution in [0.1, 0.15) is 79.0 Å². The second-order valence-electron chi connectivity index (χ2n) is 12.2. The van der Waals surface area contributed by atoms with E-state index in [9.17, 15) is 0 Å². The Hall–Kier alpha value is -0.0600. The van der Waals surface area contributed by atoms with Gasteiger partial charge < -0.3 is 0 Å². The van der Waals surface area contributed by atoms with Gasteiger partial charge in [-0.3, -0.25) is 0 Å². The summed E-state index contributed by atoms with van der Waals surface area (Å²) in [4.78, 5) is 5.89. The van der Waals surface area contributed by atoms with Gasteiger partial charge in [0.1, 0.15) is 0 Å². The molecule has 40 heavy (non-hydrogen) atoms. The van der Waals surface area contributed by atoms with Crippen molar-refractivity contribution in [3.05, 3.63) is 96.2 Å². The van der Waals surface area contributed by atoms with Gasteiger partial charge in [0.15, 0.2) is 0 Å². The number of benzene rings is 2. The van der Waals surface area contributed by atoms with Crippen LogP contribution in [0.2, 0.25) is 0 Å². The van der Waals surface area contributed by atoms with Crippen LogP contribution in [0.25, 0.3) is 0 Å². The molecule has 0 N–H and O–H groups in total. The molecule has 2 aromatic rings. The minimum Gasteiger partial charge on any atom is -0.0804 e. The molecule has 0 radical (unpaired) electrons. The first-order chi connectivity index (χ1) is 19.5. The molecule has 4 bridgehead atoms. The molecule has 10 aliphatic rings. The molecule has 4 aliphatic heterocycles. The largest absolute Gasteiger partial charge is 0.0804 e. The molecule has 6 aliphatic carbocycles. The minimum atomic E-state index is 0.363. The second kappa shape index (κ2) is 8.99. The lowest BCUT2D eigenvalue weighted by molar-refractivity contribution is 0.250. The van der Waals surface area contributed by atoms with Gasteiger partial charge in [-0.1, -0.05) is 132 Å². The highest BCUT2D eigenvalue weighted by Gasteiger charge is 2.43. The summed E-state index contributed by atoms with van der Waals surface area (Å²) >= 11 is 16.2. The van der Waals surface area contributed by atoms with Gasteiger partial charge in [0.2, 0.25) is 0 Å². The van der Waals surface area contributed by atoms with Crippen LogP contribution in [-0.2, 0) is 0 Å². The summed E-state index contributed by atoms with van der Waals surface area (Å²) < 4.78 is 8.95. The lowest BCUT2D eigenvalue weighted by Crippen LogP contribution is -2.32. The van der Waals surface area contributed by atoms with Crippen LogP contribution in [0.5, 0.6) is 0 Å². The standard InChI is InChI=1S/C32H24S8/c1-32(2)13-16-7-8-21(32)20-12-25-24(11-19(16)20)35-28-29(36-25)40-31(39-28)30-37-26-27(38-30)34-23-10-18-15-4-3-14(5-6-15)17(18)9-22(23)33-26/h3-4,7-12,14-16,21H,5-6,13H2,1-2H3. The first-order valence-corrected chi connectivity index (χ1v) is 20.4. The molecule has 8 heteroatoms. The molecule has 12 rings (SSSR count). The molecule has 0 saturated carbocycles. The van der Waals surface area contributed by atoms with Crippen LogP contribution >= 0.6 is 94.1 Å². The minimum absolute atomic E-state index is 0.363. The zero-order chi connectivity index (χ0) is 26.3. The van der Waals surface area contributed by atoms with Crippen molar-refractivity contribution < 1.29 is 0 Å². The number of hydrogen-bond donors (Lipinski definition) is 0. The maximum Gasteiger partial charge on any atom is 0.0718 e. The highest BCUT2D eigenvalue weighted by atomic mass is 32.3. The van der Waals surface area contributed by atoms with Gasteiger partial charge in [0, 0.05) is 43.3 Å². The molecule has 4 atom stereocenters. The van der Waals surface area contributed by atoms with Crippen molar-refractivity contribution in [2.75, 3.05) is 0 Å². The van der Waals surface area contributed by atoms with E-state index in [0.29, 0.717) is 29.1 Å². The number of rotatable bonds is 0. The number of thioether (sulfide) groups is 8. The van der Waals surface area contributed by atoms with Crippen LogP contribution in [-0.4, -0.2) is 0 Å². The maximum absolute atomic E-state index is 2.55. The molecule has 0 amide bonds. The van der Waals surface area contributed by atoms with E-state index < -0.39 is 0 Å². The summed E-state index contributed by atoms with van der Waals surface area (Å²) in [5.41, 5.74) is 6.75. The van der Waals surface area contributed by atoms with Gasteiger partial charge >= 0.3 is 0 Å². The van der Waals surface area contributed by atoms with Gasteiger partial charge in [-0.25, -0.2) is 0 Å². The van der Waals surface area contributed by atoms with Crippen molar-refractivity contribution in [2.24, 2.45) is 5.41 Å². The molecular formula is C32H24S8. The lowest BCUT2D eigenvalue weighted by atomic mass is 9.59. The molecule has 0 fully saturated rings. The van der Waals surface area contributed by atoms with Crippen LogP contribution < -0.4 is 0 Å². The van der Waals surface area contributed by atoms with Crippen molar-refractivity contribution in [2.45, 2.75) is 76.4 Å². The SMILES string of the molecule is CC1(C)CC2C=CC1c1cc3c(cc12)SC1=C(SC(=C2SC4=C(S2)Sc2cc5c(cc2S4)C2C=CC5CC2)S1)S3. The summed E-state index contributed by atoms with van der Waals surface area (Å²) in [6, 6.07) is 10.2. The highest BCUT2D eigenvalue weighted by Crippen LogP contribution is 2.71. The zero-order valence-corrected chi connectivity index (χ0v) is 28.3. The summed E-state index contributed by atoms with van der Waals surface area (Å²) in [5.74, 6) is 2.42. The normalized spacial score (nSPS) is 31.4. The average molecular weight is 665 g/mol. The topological polar surface area (TPSA) is 0 Å². The molecule has 4 heterocycles. The Balaban J connectivity index is 0.904. The fraction of sp³-hybridized carbons (Fsp3) is 0.312. The van der Waals surface area contributed by atoms with Crippen molar-refractivity contribution in [3.63, 3.8) is 0 Å². The van der Waals surface area contributed by atoms with E-state index in [1.54, 1.807) is 22.3 Å². The average Bonchev–Trinajstić information content (AvgIpc) is 3.56. The third-order valence-electron chi connectivity index (χ3n) is 9.37. The van der Waals surface area contributed by atoms with Crippen LogP contribution in [0.3, 0.4) is 0 Å². The van der Waals surface area contributed by atoms with Gasteiger partial charge in [0.25, 0.3) is 0 Å². The predicted octanol–water partition coefficient (Wildman–Crippen LogP) is 12.8. The monoisotopic (exact) mass is 664 g/mol. The molecule has 4 unspecified atom stereocenters. The van der Waals surface area contributed by atoms with Crippen LogP contribution in [0.15, 0.2) is 93.6 Å². The third-order valence-corrected chi connectivity index (χ3v) is 21.1. The van der Waals surface area contributed by atoms with E-state index in [4.69, 9.17) is 0 Å². The van der Waals surface area contributed by atoms with Gasteiger partial charge in [-0.05, 0) is 71.2 Å². The summed E-state index contributed by atoms with van der Waals surface area (Å²) in [6.07, 6.45) is 13.8. The van der Waals surface area contributed by atoms with Crippen molar-refractivity contribution in [1.29, 1.82) is 0 Å². The molecule has 0 spiro atoms. The Morgan fingerprint density at radius 1 is 0.475 bits per heavy atom. The van der Waals surface area contributed by atoms with Crippen molar-refractivity contribution >= 4 is 94.1 Å². The first kappa shape index (κ1) is 25.3.